The Labute approximate surface area is 135 Å². The van der Waals surface area contributed by atoms with Gasteiger partial charge in [0.25, 0.3) is 0 Å². The second kappa shape index (κ2) is 7.10. The summed E-state index contributed by atoms with van der Waals surface area (Å²) in [5.41, 5.74) is 0.898. The van der Waals surface area contributed by atoms with Crippen molar-refractivity contribution in [2.75, 3.05) is 52.4 Å². The van der Waals surface area contributed by atoms with Crippen molar-refractivity contribution in [1.82, 2.24) is 25.2 Å². The summed E-state index contributed by atoms with van der Waals surface area (Å²) >= 11 is 0. The summed E-state index contributed by atoms with van der Waals surface area (Å²) in [5.74, 6) is 0.849. The molecule has 0 aromatic carbocycles. The van der Waals surface area contributed by atoms with Crippen molar-refractivity contribution in [1.29, 1.82) is 0 Å². The van der Waals surface area contributed by atoms with Gasteiger partial charge in [0.15, 0.2) is 5.76 Å². The molecule has 0 radical (unpaired) electrons. The van der Waals surface area contributed by atoms with Crippen molar-refractivity contribution in [2.45, 2.75) is 13.5 Å². The number of rotatable bonds is 4. The topological polar surface area (TPSA) is 81.9 Å². The molecule has 2 aliphatic heterocycles. The van der Waals surface area contributed by atoms with Gasteiger partial charge < -0.3 is 14.7 Å². The van der Waals surface area contributed by atoms with Crippen LogP contribution in [-0.4, -0.2) is 84.0 Å². The van der Waals surface area contributed by atoms with Crippen LogP contribution in [0, 0.1) is 6.92 Å². The number of aromatic nitrogens is 1. The quantitative estimate of drug-likeness (QED) is 0.771. The minimum absolute atomic E-state index is 0.0409. The Morgan fingerprint density at radius 2 is 2.00 bits per heavy atom. The van der Waals surface area contributed by atoms with Crippen molar-refractivity contribution < 1.29 is 14.1 Å². The molecular weight excluding hydrogens is 298 g/mol. The summed E-state index contributed by atoms with van der Waals surface area (Å²) < 4.78 is 5.24. The Hall–Kier alpha value is -1.93. The van der Waals surface area contributed by atoms with Crippen molar-refractivity contribution >= 4 is 11.8 Å². The van der Waals surface area contributed by atoms with Gasteiger partial charge in [-0.25, -0.2) is 0 Å². The van der Waals surface area contributed by atoms with E-state index in [2.05, 4.69) is 20.3 Å². The predicted molar refractivity (Wildman–Crippen MR) is 82.5 cm³/mol. The van der Waals surface area contributed by atoms with E-state index in [-0.39, 0.29) is 18.4 Å². The third-order valence-corrected chi connectivity index (χ3v) is 4.27. The third-order valence-electron chi connectivity index (χ3n) is 4.27. The van der Waals surface area contributed by atoms with E-state index in [0.717, 1.165) is 44.2 Å². The molecule has 8 heteroatoms. The second-order valence-electron chi connectivity index (χ2n) is 6.15. The molecule has 0 spiro atoms. The number of amides is 2. The highest BCUT2D eigenvalue weighted by molar-refractivity contribution is 5.86. The van der Waals surface area contributed by atoms with E-state index < -0.39 is 0 Å². The van der Waals surface area contributed by atoms with Crippen molar-refractivity contribution in [3.8, 4) is 0 Å². The lowest BCUT2D eigenvalue weighted by Gasteiger charge is -2.35. The van der Waals surface area contributed by atoms with Crippen LogP contribution in [0.5, 0.6) is 0 Å². The Balaban J connectivity index is 1.42. The molecular formula is C15H23N5O3. The number of hydrogen-bond donors (Lipinski definition) is 1. The number of carbonyl (C=O) groups is 2. The largest absolute Gasteiger partial charge is 0.360 e. The van der Waals surface area contributed by atoms with Gasteiger partial charge in [-0.1, -0.05) is 5.16 Å². The maximum Gasteiger partial charge on any atom is 0.239 e. The fourth-order valence-corrected chi connectivity index (χ4v) is 2.96. The molecule has 0 saturated carbocycles. The summed E-state index contributed by atoms with van der Waals surface area (Å²) in [6.07, 6.45) is 0. The summed E-state index contributed by atoms with van der Waals surface area (Å²) in [6, 6.07) is 1.96. The molecule has 1 aromatic heterocycles. The van der Waals surface area contributed by atoms with Crippen LogP contribution in [0.4, 0.5) is 0 Å². The van der Waals surface area contributed by atoms with Gasteiger partial charge in [-0.15, -0.1) is 0 Å². The summed E-state index contributed by atoms with van der Waals surface area (Å²) in [5, 5.41) is 6.63. The monoisotopic (exact) mass is 321 g/mol. The molecule has 3 heterocycles. The van der Waals surface area contributed by atoms with E-state index in [0.29, 0.717) is 19.6 Å². The maximum atomic E-state index is 12.3. The number of hydrogen-bond acceptors (Lipinski definition) is 6. The van der Waals surface area contributed by atoms with E-state index in [1.54, 1.807) is 4.90 Å². The van der Waals surface area contributed by atoms with Gasteiger partial charge in [0.2, 0.25) is 11.8 Å². The van der Waals surface area contributed by atoms with E-state index in [9.17, 15) is 9.59 Å². The Morgan fingerprint density at radius 3 is 2.65 bits per heavy atom. The van der Waals surface area contributed by atoms with Crippen LogP contribution < -0.4 is 5.32 Å². The number of nitrogens with one attached hydrogen (secondary N) is 1. The fraction of sp³-hybridized carbons (Fsp3) is 0.667. The van der Waals surface area contributed by atoms with Gasteiger partial charge >= 0.3 is 0 Å². The molecule has 1 N–H and O–H groups in total. The van der Waals surface area contributed by atoms with Crippen molar-refractivity contribution in [3.63, 3.8) is 0 Å². The zero-order chi connectivity index (χ0) is 16.2. The molecule has 0 unspecified atom stereocenters. The predicted octanol–water partition coefficient (Wildman–Crippen LogP) is -0.941. The molecule has 126 valence electrons. The highest BCUT2D eigenvalue weighted by Crippen LogP contribution is 2.10. The Morgan fingerprint density at radius 1 is 1.26 bits per heavy atom. The molecule has 23 heavy (non-hydrogen) atoms. The first-order valence-electron chi connectivity index (χ1n) is 8.01. The lowest BCUT2D eigenvalue weighted by atomic mass is 10.2. The molecule has 8 nitrogen and oxygen atoms in total. The van der Waals surface area contributed by atoms with Crippen LogP contribution in [0.2, 0.25) is 0 Å². The van der Waals surface area contributed by atoms with Crippen LogP contribution >= 0.6 is 0 Å². The molecule has 3 rings (SSSR count). The number of carbonyl (C=O) groups excluding carboxylic acids is 2. The average Bonchev–Trinajstić information content (AvgIpc) is 2.94. The molecule has 2 amide bonds. The van der Waals surface area contributed by atoms with Crippen LogP contribution in [-0.2, 0) is 16.1 Å². The smallest absolute Gasteiger partial charge is 0.239 e. The van der Waals surface area contributed by atoms with E-state index in [4.69, 9.17) is 4.52 Å². The van der Waals surface area contributed by atoms with Gasteiger partial charge in [-0.3, -0.25) is 19.4 Å². The summed E-state index contributed by atoms with van der Waals surface area (Å²) in [4.78, 5) is 29.7. The summed E-state index contributed by atoms with van der Waals surface area (Å²) in [7, 11) is 0. The van der Waals surface area contributed by atoms with Gasteiger partial charge in [0.1, 0.15) is 0 Å². The molecule has 0 bridgehead atoms. The molecule has 2 aliphatic rings. The van der Waals surface area contributed by atoms with Gasteiger partial charge in [-0.05, 0) is 6.92 Å². The first-order valence-corrected chi connectivity index (χ1v) is 8.01. The number of nitrogens with zero attached hydrogens (tertiary/aromatic N) is 4. The van der Waals surface area contributed by atoms with Crippen LogP contribution in [0.3, 0.4) is 0 Å². The van der Waals surface area contributed by atoms with Crippen molar-refractivity contribution in [2.24, 2.45) is 0 Å². The highest BCUT2D eigenvalue weighted by atomic mass is 16.5. The first-order chi connectivity index (χ1) is 11.1. The van der Waals surface area contributed by atoms with E-state index >= 15 is 0 Å². The lowest BCUT2D eigenvalue weighted by Crippen LogP contribution is -2.54. The molecule has 0 aliphatic carbocycles. The third kappa shape index (κ3) is 4.29. The Bertz CT molecular complexity index is 565. The second-order valence-corrected chi connectivity index (χ2v) is 6.15. The average molecular weight is 321 g/mol. The molecule has 2 fully saturated rings. The van der Waals surface area contributed by atoms with Crippen LogP contribution in [0.15, 0.2) is 10.6 Å². The van der Waals surface area contributed by atoms with Gasteiger partial charge in [0, 0.05) is 45.3 Å². The number of aryl methyl sites for hydroxylation is 1. The molecule has 2 saturated heterocycles. The maximum absolute atomic E-state index is 12.3. The van der Waals surface area contributed by atoms with Crippen LogP contribution in [0.25, 0.3) is 0 Å². The number of piperazine rings is 2. The van der Waals surface area contributed by atoms with Crippen molar-refractivity contribution in [3.05, 3.63) is 17.5 Å². The fourth-order valence-electron chi connectivity index (χ4n) is 2.96. The minimum Gasteiger partial charge on any atom is -0.360 e. The van der Waals surface area contributed by atoms with Gasteiger partial charge in [-0.2, -0.15) is 0 Å². The lowest BCUT2D eigenvalue weighted by molar-refractivity contribution is -0.139. The molecule has 1 aromatic rings. The Kier molecular flexibility index (Phi) is 4.92. The molecule has 0 atom stereocenters. The SMILES string of the molecule is Cc1cc(CN2CCN(CC(=O)N3CCNC(=O)C3)CC2)on1. The zero-order valence-corrected chi connectivity index (χ0v) is 13.5. The van der Waals surface area contributed by atoms with E-state index in [1.165, 1.54) is 0 Å². The van der Waals surface area contributed by atoms with Gasteiger partial charge in [0.05, 0.1) is 25.3 Å². The van der Waals surface area contributed by atoms with E-state index in [1.807, 2.05) is 13.0 Å². The standard InChI is InChI=1S/C15H23N5O3/c1-12-8-13(23-17-12)9-18-4-6-19(7-5-18)11-15(22)20-3-2-16-14(21)10-20/h8H,2-7,9-11H2,1H3,(H,16,21). The normalized spacial score (nSPS) is 20.6. The highest BCUT2D eigenvalue weighted by Gasteiger charge is 2.25. The summed E-state index contributed by atoms with van der Waals surface area (Å²) in [6.45, 7) is 7.89. The zero-order valence-electron chi connectivity index (χ0n) is 13.5. The minimum atomic E-state index is -0.0724. The first kappa shape index (κ1) is 15.9. The van der Waals surface area contributed by atoms with Crippen LogP contribution in [0.1, 0.15) is 11.5 Å².